The van der Waals surface area contributed by atoms with E-state index in [0.717, 1.165) is 5.57 Å². The van der Waals surface area contributed by atoms with Crippen LogP contribution in [0.5, 0.6) is 0 Å². The van der Waals surface area contributed by atoms with E-state index >= 15 is 0 Å². The van der Waals surface area contributed by atoms with Crippen LogP contribution < -0.4 is 5.73 Å². The molecule has 0 radical (unpaired) electrons. The second-order valence-electron chi connectivity index (χ2n) is 4.24. The minimum atomic E-state index is -2.58. The van der Waals surface area contributed by atoms with Crippen LogP contribution in [0.4, 0.5) is 8.78 Å². The summed E-state index contributed by atoms with van der Waals surface area (Å²) in [7, 11) is 0. The first-order valence-corrected chi connectivity index (χ1v) is 5.45. The zero-order chi connectivity index (χ0) is 12.2. The van der Waals surface area contributed by atoms with Crippen LogP contribution in [0.25, 0.3) is 0 Å². The van der Waals surface area contributed by atoms with E-state index < -0.39 is 17.9 Å². The van der Waals surface area contributed by atoms with Crippen molar-refractivity contribution >= 4 is 5.97 Å². The van der Waals surface area contributed by atoms with E-state index in [1.807, 2.05) is 0 Å². The van der Waals surface area contributed by atoms with Gasteiger partial charge in [0.05, 0.1) is 0 Å². The molecule has 0 spiro atoms. The predicted molar refractivity (Wildman–Crippen MR) is 56.3 cm³/mol. The van der Waals surface area contributed by atoms with Crippen molar-refractivity contribution in [1.82, 2.24) is 0 Å². The number of nitrogens with two attached hydrogens (primary N) is 1. The smallest absolute Gasteiger partial charge is 0.320 e. The van der Waals surface area contributed by atoms with Crippen LogP contribution >= 0.6 is 0 Å². The number of allylic oxidation sites excluding steroid dienone is 2. The molecule has 0 amide bonds. The molecule has 0 saturated carbocycles. The van der Waals surface area contributed by atoms with Gasteiger partial charge in [-0.1, -0.05) is 11.6 Å². The maximum Gasteiger partial charge on any atom is 0.320 e. The highest BCUT2D eigenvalue weighted by Crippen LogP contribution is 2.32. The molecule has 0 aromatic heterocycles. The molecule has 1 aliphatic carbocycles. The Morgan fingerprint density at radius 2 is 2.25 bits per heavy atom. The van der Waals surface area contributed by atoms with Crippen molar-refractivity contribution in [1.29, 1.82) is 0 Å². The van der Waals surface area contributed by atoms with Crippen LogP contribution in [-0.2, 0) is 4.79 Å². The lowest BCUT2D eigenvalue weighted by atomic mass is 10.0. The number of hydrogen-bond donors (Lipinski definition) is 2. The normalized spacial score (nSPS) is 22.1. The maximum atomic E-state index is 13.0. The number of carboxylic acid groups (broad SMARTS) is 1. The van der Waals surface area contributed by atoms with E-state index in [4.69, 9.17) is 10.8 Å². The summed E-state index contributed by atoms with van der Waals surface area (Å²) >= 11 is 0. The standard InChI is InChI=1S/C11H17F2NO2/c12-11(13)6-1-2-8(5-7-11)3-4-9(14)10(15)16/h2,9H,1,3-7,14H2,(H,15,16)/t9-/m0/s1. The topological polar surface area (TPSA) is 63.3 Å². The SMILES string of the molecule is N[C@@H](CCC1=CCCC(F)(F)CC1)C(=O)O. The lowest BCUT2D eigenvalue weighted by Gasteiger charge is -2.13. The van der Waals surface area contributed by atoms with E-state index in [-0.39, 0.29) is 12.8 Å². The van der Waals surface area contributed by atoms with Crippen LogP contribution in [0, 0.1) is 0 Å². The number of alkyl halides is 2. The van der Waals surface area contributed by atoms with Gasteiger partial charge in [-0.25, -0.2) is 8.78 Å². The average molecular weight is 233 g/mol. The summed E-state index contributed by atoms with van der Waals surface area (Å²) in [5, 5.41) is 8.59. The van der Waals surface area contributed by atoms with Gasteiger partial charge < -0.3 is 10.8 Å². The highest BCUT2D eigenvalue weighted by molar-refractivity contribution is 5.73. The summed E-state index contributed by atoms with van der Waals surface area (Å²) in [5.74, 6) is -3.62. The average Bonchev–Trinajstić information content (AvgIpc) is 2.36. The molecule has 0 unspecified atom stereocenters. The van der Waals surface area contributed by atoms with E-state index in [1.54, 1.807) is 6.08 Å². The summed E-state index contributed by atoms with van der Waals surface area (Å²) in [6.45, 7) is 0. The fraction of sp³-hybridized carbons (Fsp3) is 0.727. The molecule has 1 atom stereocenters. The van der Waals surface area contributed by atoms with Crippen LogP contribution in [-0.4, -0.2) is 23.0 Å². The van der Waals surface area contributed by atoms with Gasteiger partial charge in [0.25, 0.3) is 0 Å². The first-order valence-electron chi connectivity index (χ1n) is 5.45. The van der Waals surface area contributed by atoms with Gasteiger partial charge in [0.1, 0.15) is 6.04 Å². The summed E-state index contributed by atoms with van der Waals surface area (Å²) < 4.78 is 26.0. The minimum absolute atomic E-state index is 0.110. The first kappa shape index (κ1) is 13.1. The minimum Gasteiger partial charge on any atom is -0.480 e. The third-order valence-electron chi connectivity index (χ3n) is 2.85. The Labute approximate surface area is 93.3 Å². The third kappa shape index (κ3) is 4.26. The van der Waals surface area contributed by atoms with E-state index in [1.165, 1.54) is 0 Å². The van der Waals surface area contributed by atoms with Crippen molar-refractivity contribution < 1.29 is 18.7 Å². The molecule has 0 bridgehead atoms. The fourth-order valence-electron chi connectivity index (χ4n) is 1.75. The number of rotatable bonds is 4. The van der Waals surface area contributed by atoms with Crippen LogP contribution in [0.15, 0.2) is 11.6 Å². The van der Waals surface area contributed by atoms with Gasteiger partial charge in [-0.05, 0) is 25.7 Å². The summed E-state index contributed by atoms with van der Waals surface area (Å²) in [6, 6.07) is -0.898. The van der Waals surface area contributed by atoms with E-state index in [0.29, 0.717) is 25.7 Å². The Kier molecular flexibility index (Phi) is 4.41. The monoisotopic (exact) mass is 233 g/mol. The molecule has 16 heavy (non-hydrogen) atoms. The molecule has 0 aromatic rings. The molecule has 0 aromatic carbocycles. The molecule has 0 saturated heterocycles. The molecule has 5 heteroatoms. The molecule has 1 rings (SSSR count). The Morgan fingerprint density at radius 1 is 1.56 bits per heavy atom. The third-order valence-corrected chi connectivity index (χ3v) is 2.85. The van der Waals surface area contributed by atoms with E-state index in [2.05, 4.69) is 0 Å². The second kappa shape index (κ2) is 5.39. The van der Waals surface area contributed by atoms with Crippen LogP contribution in [0.2, 0.25) is 0 Å². The van der Waals surface area contributed by atoms with Gasteiger partial charge in [0.15, 0.2) is 0 Å². The van der Waals surface area contributed by atoms with Gasteiger partial charge in [-0.3, -0.25) is 4.79 Å². The molecule has 0 fully saturated rings. The van der Waals surface area contributed by atoms with Gasteiger partial charge in [0, 0.05) is 12.8 Å². The first-order chi connectivity index (χ1) is 7.41. The summed E-state index contributed by atoms with van der Waals surface area (Å²) in [5.41, 5.74) is 6.26. The molecule has 0 aliphatic heterocycles. The lowest BCUT2D eigenvalue weighted by Crippen LogP contribution is -2.29. The number of carboxylic acids is 1. The molecule has 92 valence electrons. The van der Waals surface area contributed by atoms with Crippen molar-refractivity contribution in [3.8, 4) is 0 Å². The van der Waals surface area contributed by atoms with Crippen LogP contribution in [0.3, 0.4) is 0 Å². The van der Waals surface area contributed by atoms with Gasteiger partial charge in [-0.15, -0.1) is 0 Å². The number of carbonyl (C=O) groups is 1. The van der Waals surface area contributed by atoms with Gasteiger partial charge >= 0.3 is 5.97 Å². The number of halogens is 2. The number of hydrogen-bond acceptors (Lipinski definition) is 2. The molecule has 3 N–H and O–H groups in total. The second-order valence-corrected chi connectivity index (χ2v) is 4.24. The predicted octanol–water partition coefficient (Wildman–Crippen LogP) is 2.31. The van der Waals surface area contributed by atoms with Gasteiger partial charge in [-0.2, -0.15) is 0 Å². The fourth-order valence-corrected chi connectivity index (χ4v) is 1.75. The quantitative estimate of drug-likeness (QED) is 0.732. The molecular formula is C11H17F2NO2. The Hall–Kier alpha value is -0.970. The van der Waals surface area contributed by atoms with Crippen molar-refractivity contribution in [2.24, 2.45) is 5.73 Å². The Bertz CT molecular complexity index is 290. The zero-order valence-corrected chi connectivity index (χ0v) is 9.09. The molecular weight excluding hydrogens is 216 g/mol. The summed E-state index contributed by atoms with van der Waals surface area (Å²) in [4.78, 5) is 10.5. The number of aliphatic carboxylic acids is 1. The lowest BCUT2D eigenvalue weighted by molar-refractivity contribution is -0.138. The Balaban J connectivity index is 2.38. The van der Waals surface area contributed by atoms with Gasteiger partial charge in [0.2, 0.25) is 5.92 Å². The zero-order valence-electron chi connectivity index (χ0n) is 9.09. The van der Waals surface area contributed by atoms with Crippen molar-refractivity contribution in [3.63, 3.8) is 0 Å². The van der Waals surface area contributed by atoms with E-state index in [9.17, 15) is 13.6 Å². The largest absolute Gasteiger partial charge is 0.480 e. The van der Waals surface area contributed by atoms with Crippen LogP contribution in [0.1, 0.15) is 38.5 Å². The maximum absolute atomic E-state index is 13.0. The molecule has 1 aliphatic rings. The highest BCUT2D eigenvalue weighted by Gasteiger charge is 2.29. The van der Waals surface area contributed by atoms with Crippen molar-refractivity contribution in [3.05, 3.63) is 11.6 Å². The molecule has 3 nitrogen and oxygen atoms in total. The highest BCUT2D eigenvalue weighted by atomic mass is 19.3. The summed E-state index contributed by atoms with van der Waals surface area (Å²) in [6.07, 6.45) is 3.08. The van der Waals surface area contributed by atoms with Crippen molar-refractivity contribution in [2.75, 3.05) is 0 Å². The Morgan fingerprint density at radius 3 is 2.88 bits per heavy atom. The molecule has 0 heterocycles. The van der Waals surface area contributed by atoms with Crippen molar-refractivity contribution in [2.45, 2.75) is 50.5 Å².